The molecule has 5 heteroatoms. The first-order valence-corrected chi connectivity index (χ1v) is 6.89. The molecular weight excluding hydrogens is 290 g/mol. The summed E-state index contributed by atoms with van der Waals surface area (Å²) in [6.45, 7) is 0.557. The number of hydrogen-bond acceptors (Lipinski definition) is 4. The quantitative estimate of drug-likeness (QED) is 0.858. The molecule has 2 aromatic rings. The van der Waals surface area contributed by atoms with Gasteiger partial charge in [0.15, 0.2) is 0 Å². The van der Waals surface area contributed by atoms with Gasteiger partial charge in [0.2, 0.25) is 0 Å². The van der Waals surface area contributed by atoms with Gasteiger partial charge in [-0.2, -0.15) is 0 Å². The lowest BCUT2D eigenvalue weighted by atomic mass is 10.1. The molecule has 2 rings (SSSR count). The first-order valence-electron chi connectivity index (χ1n) is 6.51. The van der Waals surface area contributed by atoms with Crippen molar-refractivity contribution in [2.75, 3.05) is 19.5 Å². The van der Waals surface area contributed by atoms with Crippen LogP contribution in [0.1, 0.15) is 11.1 Å². The van der Waals surface area contributed by atoms with Crippen LogP contribution in [-0.2, 0) is 13.2 Å². The molecule has 0 radical (unpaired) electrons. The lowest BCUT2D eigenvalue weighted by molar-refractivity contribution is 0.282. The minimum Gasteiger partial charge on any atom is -0.497 e. The zero-order valence-corrected chi connectivity index (χ0v) is 12.8. The lowest BCUT2D eigenvalue weighted by Gasteiger charge is -2.12. The van der Waals surface area contributed by atoms with Gasteiger partial charge in [0, 0.05) is 12.6 Å². The minimum absolute atomic E-state index is 0.0150. The number of nitrogens with one attached hydrogen (secondary N) is 1. The Morgan fingerprint density at radius 1 is 1.00 bits per heavy atom. The van der Waals surface area contributed by atoms with Crippen LogP contribution in [0.15, 0.2) is 36.4 Å². The Morgan fingerprint density at radius 3 is 2.24 bits per heavy atom. The fourth-order valence-electron chi connectivity index (χ4n) is 1.97. The smallest absolute Gasteiger partial charge is 0.122 e. The maximum absolute atomic E-state index is 9.17. The molecule has 0 saturated heterocycles. The maximum atomic E-state index is 9.17. The molecule has 0 bridgehead atoms. The molecule has 0 fully saturated rings. The van der Waals surface area contributed by atoms with E-state index in [4.69, 9.17) is 21.1 Å². The number of hydrogen-bond donors (Lipinski definition) is 2. The Morgan fingerprint density at radius 2 is 1.67 bits per heavy atom. The third-order valence-corrected chi connectivity index (χ3v) is 3.44. The highest BCUT2D eigenvalue weighted by Gasteiger charge is 2.05. The number of halogens is 1. The molecule has 0 heterocycles. The fraction of sp³-hybridized carbons (Fsp3) is 0.250. The van der Waals surface area contributed by atoms with Crippen LogP contribution in [-0.4, -0.2) is 19.3 Å². The lowest BCUT2D eigenvalue weighted by Crippen LogP contribution is -2.02. The molecule has 21 heavy (non-hydrogen) atoms. The zero-order valence-electron chi connectivity index (χ0n) is 12.0. The van der Waals surface area contributed by atoms with Crippen LogP contribution >= 0.6 is 11.6 Å². The molecule has 0 amide bonds. The van der Waals surface area contributed by atoms with Crippen molar-refractivity contribution in [3.8, 4) is 11.5 Å². The minimum atomic E-state index is -0.0150. The van der Waals surface area contributed by atoms with Gasteiger partial charge in [0.05, 0.1) is 31.5 Å². The van der Waals surface area contributed by atoms with E-state index in [9.17, 15) is 5.11 Å². The summed E-state index contributed by atoms with van der Waals surface area (Å²) >= 11 is 6.14. The summed E-state index contributed by atoms with van der Waals surface area (Å²) in [7, 11) is 3.24. The summed E-state index contributed by atoms with van der Waals surface area (Å²) in [6, 6.07) is 11.1. The normalized spacial score (nSPS) is 10.3. The van der Waals surface area contributed by atoms with Crippen LogP contribution in [0.2, 0.25) is 5.02 Å². The van der Waals surface area contributed by atoms with Crippen LogP contribution in [0.5, 0.6) is 11.5 Å². The van der Waals surface area contributed by atoms with Gasteiger partial charge in [0.25, 0.3) is 0 Å². The number of aliphatic hydroxyl groups is 1. The SMILES string of the molecule is COc1cc(CNc2cc(CO)ccc2Cl)cc(OC)c1. The van der Waals surface area contributed by atoms with Gasteiger partial charge in [-0.05, 0) is 35.4 Å². The van der Waals surface area contributed by atoms with E-state index in [1.807, 2.05) is 24.3 Å². The number of benzene rings is 2. The molecule has 0 aliphatic heterocycles. The number of ether oxygens (including phenoxy) is 2. The van der Waals surface area contributed by atoms with Crippen LogP contribution in [0.3, 0.4) is 0 Å². The summed E-state index contributed by atoms with van der Waals surface area (Å²) in [6.07, 6.45) is 0. The molecule has 0 aliphatic carbocycles. The van der Waals surface area contributed by atoms with Crippen LogP contribution in [0.25, 0.3) is 0 Å². The van der Waals surface area contributed by atoms with Gasteiger partial charge in [-0.25, -0.2) is 0 Å². The summed E-state index contributed by atoms with van der Waals surface area (Å²) in [4.78, 5) is 0. The Hall–Kier alpha value is -1.91. The predicted molar refractivity (Wildman–Crippen MR) is 84.2 cm³/mol. The highest BCUT2D eigenvalue weighted by atomic mass is 35.5. The molecule has 0 unspecified atom stereocenters. The first kappa shape index (κ1) is 15.5. The van der Waals surface area contributed by atoms with Crippen molar-refractivity contribution >= 4 is 17.3 Å². The molecule has 2 aromatic carbocycles. The monoisotopic (exact) mass is 307 g/mol. The summed E-state index contributed by atoms with van der Waals surface area (Å²) < 4.78 is 10.5. The molecule has 4 nitrogen and oxygen atoms in total. The van der Waals surface area contributed by atoms with Crippen molar-refractivity contribution in [3.63, 3.8) is 0 Å². The molecule has 112 valence electrons. The van der Waals surface area contributed by atoms with Crippen molar-refractivity contribution in [1.82, 2.24) is 0 Å². The van der Waals surface area contributed by atoms with Crippen molar-refractivity contribution < 1.29 is 14.6 Å². The van der Waals surface area contributed by atoms with Crippen molar-refractivity contribution in [3.05, 3.63) is 52.5 Å². The Kier molecular flexibility index (Phi) is 5.31. The molecular formula is C16H18ClNO3. The molecule has 0 spiro atoms. The van der Waals surface area contributed by atoms with Gasteiger partial charge in [0.1, 0.15) is 11.5 Å². The average Bonchev–Trinajstić information content (AvgIpc) is 2.53. The number of rotatable bonds is 6. The van der Waals surface area contributed by atoms with Crippen molar-refractivity contribution in [2.24, 2.45) is 0 Å². The Labute approximate surface area is 129 Å². The van der Waals surface area contributed by atoms with E-state index < -0.39 is 0 Å². The zero-order chi connectivity index (χ0) is 15.2. The number of methoxy groups -OCH3 is 2. The molecule has 0 aliphatic rings. The van der Waals surface area contributed by atoms with E-state index in [0.29, 0.717) is 11.6 Å². The van der Waals surface area contributed by atoms with E-state index >= 15 is 0 Å². The van der Waals surface area contributed by atoms with E-state index in [1.165, 1.54) is 0 Å². The Balaban J connectivity index is 2.16. The van der Waals surface area contributed by atoms with E-state index in [-0.39, 0.29) is 6.61 Å². The van der Waals surface area contributed by atoms with Crippen molar-refractivity contribution in [1.29, 1.82) is 0 Å². The molecule has 0 atom stereocenters. The maximum Gasteiger partial charge on any atom is 0.122 e. The van der Waals surface area contributed by atoms with Gasteiger partial charge in [-0.1, -0.05) is 17.7 Å². The second-order valence-electron chi connectivity index (χ2n) is 4.55. The second-order valence-corrected chi connectivity index (χ2v) is 4.95. The topological polar surface area (TPSA) is 50.7 Å². The van der Waals surface area contributed by atoms with Gasteiger partial charge in [-0.15, -0.1) is 0 Å². The molecule has 0 aromatic heterocycles. The molecule has 2 N–H and O–H groups in total. The predicted octanol–water partition coefficient (Wildman–Crippen LogP) is 3.46. The largest absolute Gasteiger partial charge is 0.497 e. The van der Waals surface area contributed by atoms with Gasteiger partial charge in [-0.3, -0.25) is 0 Å². The van der Waals surface area contributed by atoms with Crippen LogP contribution in [0.4, 0.5) is 5.69 Å². The van der Waals surface area contributed by atoms with Crippen molar-refractivity contribution in [2.45, 2.75) is 13.2 Å². The fourth-order valence-corrected chi connectivity index (χ4v) is 2.16. The highest BCUT2D eigenvalue weighted by Crippen LogP contribution is 2.26. The summed E-state index contributed by atoms with van der Waals surface area (Å²) in [5, 5.41) is 13.0. The highest BCUT2D eigenvalue weighted by molar-refractivity contribution is 6.33. The van der Waals surface area contributed by atoms with Crippen LogP contribution < -0.4 is 14.8 Å². The summed E-state index contributed by atoms with van der Waals surface area (Å²) in [5.41, 5.74) is 2.60. The van der Waals surface area contributed by atoms with Gasteiger partial charge < -0.3 is 19.9 Å². The van der Waals surface area contributed by atoms with E-state index in [2.05, 4.69) is 5.32 Å². The Bertz CT molecular complexity index is 594. The van der Waals surface area contributed by atoms with Crippen LogP contribution in [0, 0.1) is 0 Å². The number of aliphatic hydroxyl groups excluding tert-OH is 1. The second kappa shape index (κ2) is 7.20. The average molecular weight is 308 g/mol. The van der Waals surface area contributed by atoms with E-state index in [1.54, 1.807) is 26.4 Å². The standard InChI is InChI=1S/C16H18ClNO3/c1-20-13-5-12(6-14(8-13)21-2)9-18-16-7-11(10-19)3-4-15(16)17/h3-8,18-19H,9-10H2,1-2H3. The number of anilines is 1. The van der Waals surface area contributed by atoms with Gasteiger partial charge >= 0.3 is 0 Å². The molecule has 0 saturated carbocycles. The first-order chi connectivity index (χ1) is 10.2. The summed E-state index contributed by atoms with van der Waals surface area (Å²) in [5.74, 6) is 1.47. The third-order valence-electron chi connectivity index (χ3n) is 3.11. The van der Waals surface area contributed by atoms with E-state index in [0.717, 1.165) is 28.3 Å². The third kappa shape index (κ3) is 4.03.